The summed E-state index contributed by atoms with van der Waals surface area (Å²) >= 11 is 0. The van der Waals surface area contributed by atoms with Crippen molar-refractivity contribution in [1.82, 2.24) is 10.2 Å². The molecule has 0 rings (SSSR count). The minimum atomic E-state index is 0.325. The molecule has 0 saturated heterocycles. The lowest BCUT2D eigenvalue weighted by atomic mass is 10.2. The van der Waals surface area contributed by atoms with E-state index in [0.29, 0.717) is 18.4 Å². The normalized spacial score (nSPS) is 10.9. The second-order valence-corrected chi connectivity index (χ2v) is 4.95. The molecule has 0 radical (unpaired) electrons. The fraction of sp³-hybridized carbons (Fsp3) is 0.929. The van der Waals surface area contributed by atoms with E-state index in [1.54, 1.807) is 0 Å². The average Bonchev–Trinajstić information content (AvgIpc) is 2.28. The molecule has 0 atom stereocenters. The maximum atomic E-state index is 11.9. The number of carbonyl (C=O) groups excluding carboxylic acids is 1. The van der Waals surface area contributed by atoms with Gasteiger partial charge in [-0.25, -0.2) is 0 Å². The molecule has 0 heterocycles. The molecule has 102 valence electrons. The van der Waals surface area contributed by atoms with Crippen LogP contribution >= 0.6 is 0 Å². The van der Waals surface area contributed by atoms with Gasteiger partial charge in [0.1, 0.15) is 0 Å². The Kier molecular flexibility index (Phi) is 10.2. The highest BCUT2D eigenvalue weighted by atomic mass is 16.2. The second-order valence-electron chi connectivity index (χ2n) is 4.95. The predicted molar refractivity (Wildman–Crippen MR) is 74.2 cm³/mol. The Morgan fingerprint density at radius 2 is 1.76 bits per heavy atom. The average molecular weight is 242 g/mol. The van der Waals surface area contributed by atoms with E-state index in [1.165, 1.54) is 0 Å². The van der Waals surface area contributed by atoms with Crippen LogP contribution in [0.4, 0.5) is 0 Å². The maximum absolute atomic E-state index is 11.9. The van der Waals surface area contributed by atoms with Gasteiger partial charge in [0.15, 0.2) is 0 Å². The molecule has 0 aromatic heterocycles. The quantitative estimate of drug-likeness (QED) is 0.597. The Hall–Kier alpha value is -0.570. The molecule has 0 saturated carbocycles. The number of rotatable bonds is 10. The summed E-state index contributed by atoms with van der Waals surface area (Å²) in [6.07, 6.45) is 4.97. The van der Waals surface area contributed by atoms with Crippen molar-refractivity contribution < 1.29 is 4.79 Å². The van der Waals surface area contributed by atoms with Crippen molar-refractivity contribution in [3.63, 3.8) is 0 Å². The summed E-state index contributed by atoms with van der Waals surface area (Å²) in [4.78, 5) is 13.9. The van der Waals surface area contributed by atoms with Gasteiger partial charge in [0.05, 0.1) is 0 Å². The number of nitrogens with one attached hydrogen (secondary N) is 1. The predicted octanol–water partition coefficient (Wildman–Crippen LogP) is 2.80. The molecule has 0 bridgehead atoms. The Morgan fingerprint density at radius 1 is 1.12 bits per heavy atom. The molecule has 1 N–H and O–H groups in total. The third-order valence-electron chi connectivity index (χ3n) is 2.76. The fourth-order valence-electron chi connectivity index (χ4n) is 1.74. The summed E-state index contributed by atoms with van der Waals surface area (Å²) in [6.45, 7) is 11.4. The first-order valence-electron chi connectivity index (χ1n) is 7.12. The third kappa shape index (κ3) is 9.16. The standard InChI is InChI=1S/C14H30N2O/c1-5-7-11-16(14(17)9-6-2)12-8-10-15-13(3)4/h13,15H,5-12H2,1-4H3. The van der Waals surface area contributed by atoms with Gasteiger partial charge in [0.2, 0.25) is 5.91 Å². The first-order valence-corrected chi connectivity index (χ1v) is 7.12. The first-order chi connectivity index (χ1) is 8.11. The van der Waals surface area contributed by atoms with E-state index in [1.807, 2.05) is 4.90 Å². The molecule has 17 heavy (non-hydrogen) atoms. The zero-order valence-corrected chi connectivity index (χ0v) is 12.1. The number of unbranched alkanes of at least 4 members (excludes halogenated alkanes) is 1. The van der Waals surface area contributed by atoms with Gasteiger partial charge in [-0.15, -0.1) is 0 Å². The summed E-state index contributed by atoms with van der Waals surface area (Å²) < 4.78 is 0. The van der Waals surface area contributed by atoms with E-state index in [4.69, 9.17) is 0 Å². The molecular weight excluding hydrogens is 212 g/mol. The summed E-state index contributed by atoms with van der Waals surface area (Å²) in [5.41, 5.74) is 0. The maximum Gasteiger partial charge on any atom is 0.222 e. The van der Waals surface area contributed by atoms with Crippen molar-refractivity contribution in [2.45, 2.75) is 65.8 Å². The highest BCUT2D eigenvalue weighted by Crippen LogP contribution is 2.02. The lowest BCUT2D eigenvalue weighted by Gasteiger charge is -2.22. The molecule has 0 aliphatic heterocycles. The molecule has 0 aliphatic carbocycles. The van der Waals surface area contributed by atoms with Gasteiger partial charge in [-0.2, -0.15) is 0 Å². The summed E-state index contributed by atoms with van der Waals surface area (Å²) in [6, 6.07) is 0.533. The van der Waals surface area contributed by atoms with Crippen molar-refractivity contribution in [2.75, 3.05) is 19.6 Å². The zero-order chi connectivity index (χ0) is 13.1. The van der Waals surface area contributed by atoms with E-state index in [-0.39, 0.29) is 0 Å². The van der Waals surface area contributed by atoms with Gasteiger partial charge in [0, 0.05) is 25.6 Å². The SMILES string of the molecule is CCCCN(CCCNC(C)C)C(=O)CCC. The Labute approximate surface area is 107 Å². The molecular formula is C14H30N2O. The van der Waals surface area contributed by atoms with E-state index in [9.17, 15) is 4.79 Å². The van der Waals surface area contributed by atoms with Gasteiger partial charge in [0.25, 0.3) is 0 Å². The third-order valence-corrected chi connectivity index (χ3v) is 2.76. The smallest absolute Gasteiger partial charge is 0.222 e. The molecule has 3 nitrogen and oxygen atoms in total. The minimum Gasteiger partial charge on any atom is -0.343 e. The fourth-order valence-corrected chi connectivity index (χ4v) is 1.74. The van der Waals surface area contributed by atoms with Gasteiger partial charge in [-0.05, 0) is 25.8 Å². The second kappa shape index (κ2) is 10.6. The summed E-state index contributed by atoms with van der Waals surface area (Å²) in [7, 11) is 0. The molecule has 0 unspecified atom stereocenters. The van der Waals surface area contributed by atoms with Crippen molar-refractivity contribution in [2.24, 2.45) is 0 Å². The molecule has 0 aromatic rings. The van der Waals surface area contributed by atoms with Crippen LogP contribution in [0.1, 0.15) is 59.8 Å². The summed E-state index contributed by atoms with van der Waals surface area (Å²) in [5, 5.41) is 3.39. The summed E-state index contributed by atoms with van der Waals surface area (Å²) in [5.74, 6) is 0.325. The van der Waals surface area contributed by atoms with Crippen LogP contribution in [0.3, 0.4) is 0 Å². The molecule has 3 heteroatoms. The number of amides is 1. The van der Waals surface area contributed by atoms with Gasteiger partial charge in [-0.1, -0.05) is 34.1 Å². The van der Waals surface area contributed by atoms with Crippen molar-refractivity contribution in [1.29, 1.82) is 0 Å². The van der Waals surface area contributed by atoms with E-state index >= 15 is 0 Å². The van der Waals surface area contributed by atoms with Gasteiger partial charge >= 0.3 is 0 Å². The highest BCUT2D eigenvalue weighted by molar-refractivity contribution is 5.76. The number of hydrogen-bond acceptors (Lipinski definition) is 2. The molecule has 1 amide bonds. The van der Waals surface area contributed by atoms with E-state index < -0.39 is 0 Å². The topological polar surface area (TPSA) is 32.3 Å². The number of nitrogens with zero attached hydrogens (tertiary/aromatic N) is 1. The van der Waals surface area contributed by atoms with Crippen LogP contribution in [0.2, 0.25) is 0 Å². The molecule has 0 fully saturated rings. The Bertz CT molecular complexity index is 193. The molecule has 0 aliphatic rings. The van der Waals surface area contributed by atoms with E-state index in [0.717, 1.165) is 45.3 Å². The van der Waals surface area contributed by atoms with Crippen LogP contribution in [0, 0.1) is 0 Å². The number of carbonyl (C=O) groups is 1. The van der Waals surface area contributed by atoms with Crippen molar-refractivity contribution in [3.05, 3.63) is 0 Å². The largest absolute Gasteiger partial charge is 0.343 e. The van der Waals surface area contributed by atoms with Crippen LogP contribution in [0.5, 0.6) is 0 Å². The van der Waals surface area contributed by atoms with Gasteiger partial charge in [-0.3, -0.25) is 4.79 Å². The highest BCUT2D eigenvalue weighted by Gasteiger charge is 2.11. The molecule has 0 aromatic carbocycles. The number of hydrogen-bond donors (Lipinski definition) is 1. The molecule has 0 spiro atoms. The lowest BCUT2D eigenvalue weighted by Crippen LogP contribution is -2.35. The van der Waals surface area contributed by atoms with Crippen LogP contribution in [0.15, 0.2) is 0 Å². The minimum absolute atomic E-state index is 0.325. The van der Waals surface area contributed by atoms with Crippen LogP contribution in [-0.2, 0) is 4.79 Å². The van der Waals surface area contributed by atoms with Crippen LogP contribution in [-0.4, -0.2) is 36.5 Å². The van der Waals surface area contributed by atoms with Crippen molar-refractivity contribution in [3.8, 4) is 0 Å². The Morgan fingerprint density at radius 3 is 2.29 bits per heavy atom. The van der Waals surface area contributed by atoms with Gasteiger partial charge < -0.3 is 10.2 Å². The zero-order valence-electron chi connectivity index (χ0n) is 12.1. The van der Waals surface area contributed by atoms with Crippen LogP contribution < -0.4 is 5.32 Å². The lowest BCUT2D eigenvalue weighted by molar-refractivity contribution is -0.131. The van der Waals surface area contributed by atoms with Crippen molar-refractivity contribution >= 4 is 5.91 Å². The Balaban J connectivity index is 3.88. The van der Waals surface area contributed by atoms with E-state index in [2.05, 4.69) is 33.0 Å². The van der Waals surface area contributed by atoms with Crippen LogP contribution in [0.25, 0.3) is 0 Å². The first kappa shape index (κ1) is 16.4. The monoisotopic (exact) mass is 242 g/mol.